The Morgan fingerprint density at radius 1 is 1.00 bits per heavy atom. The summed E-state index contributed by atoms with van der Waals surface area (Å²) < 4.78 is 7.67. The fourth-order valence-corrected chi connectivity index (χ4v) is 5.17. The number of anilines is 1. The number of carbonyl (C=O) groups is 1. The first kappa shape index (κ1) is 20.2. The van der Waals surface area contributed by atoms with E-state index < -0.39 is 0 Å². The molecule has 0 radical (unpaired) electrons. The highest BCUT2D eigenvalue weighted by molar-refractivity contribution is 7.99. The van der Waals surface area contributed by atoms with Crippen molar-refractivity contribution >= 4 is 23.6 Å². The van der Waals surface area contributed by atoms with Gasteiger partial charge in [-0.1, -0.05) is 36.0 Å². The highest BCUT2D eigenvalue weighted by Gasteiger charge is 2.24. The molecule has 0 aliphatic carbocycles. The predicted octanol–water partition coefficient (Wildman–Crippen LogP) is 3.59. The van der Waals surface area contributed by atoms with E-state index in [1.165, 1.54) is 42.2 Å². The van der Waals surface area contributed by atoms with Crippen molar-refractivity contribution in [2.24, 2.45) is 0 Å². The molecule has 2 aromatic heterocycles. The summed E-state index contributed by atoms with van der Waals surface area (Å²) in [7, 11) is 0. The summed E-state index contributed by atoms with van der Waals surface area (Å²) in [5.74, 6) is 2.24. The topological polar surface area (TPSA) is 67.4 Å². The van der Waals surface area contributed by atoms with Crippen LogP contribution in [0.3, 0.4) is 0 Å². The van der Waals surface area contributed by atoms with Gasteiger partial charge in [0.1, 0.15) is 5.76 Å². The van der Waals surface area contributed by atoms with Crippen LogP contribution in [0.5, 0.6) is 0 Å². The lowest BCUT2D eigenvalue weighted by molar-refractivity contribution is -0.129. The SMILES string of the molecule is O=C(CSc1nnc(N2CCCCC2)n1Cc1ccco1)N1CCc2ccccc2C1. The van der Waals surface area contributed by atoms with Gasteiger partial charge in [0.2, 0.25) is 11.9 Å². The molecule has 0 saturated carbocycles. The molecule has 3 aromatic rings. The molecule has 0 N–H and O–H groups in total. The van der Waals surface area contributed by atoms with Crippen LogP contribution < -0.4 is 4.90 Å². The summed E-state index contributed by atoms with van der Waals surface area (Å²) in [5, 5.41) is 9.71. The molecule has 1 fully saturated rings. The lowest BCUT2D eigenvalue weighted by Crippen LogP contribution is -2.37. The van der Waals surface area contributed by atoms with Crippen molar-refractivity contribution in [3.05, 3.63) is 59.5 Å². The monoisotopic (exact) mass is 437 g/mol. The van der Waals surface area contributed by atoms with E-state index in [1.807, 2.05) is 23.1 Å². The van der Waals surface area contributed by atoms with Crippen LogP contribution in [0.25, 0.3) is 0 Å². The zero-order valence-electron chi connectivity index (χ0n) is 17.6. The molecule has 0 atom stereocenters. The Morgan fingerprint density at radius 2 is 1.84 bits per heavy atom. The zero-order chi connectivity index (χ0) is 21.0. The number of nitrogens with zero attached hydrogens (tertiary/aromatic N) is 5. The molecular formula is C23H27N5O2S. The third-order valence-corrected chi connectivity index (χ3v) is 6.99. The third-order valence-electron chi connectivity index (χ3n) is 6.04. The highest BCUT2D eigenvalue weighted by Crippen LogP contribution is 2.27. The van der Waals surface area contributed by atoms with Crippen LogP contribution in [0, 0.1) is 0 Å². The number of amides is 1. The zero-order valence-corrected chi connectivity index (χ0v) is 18.4. The molecule has 2 aliphatic heterocycles. The first-order valence-electron chi connectivity index (χ1n) is 11.0. The standard InChI is InChI=1S/C23H27N5O2S/c29-21(27-13-10-18-7-2-3-8-19(18)15-27)17-31-23-25-24-22(26-11-4-1-5-12-26)28(23)16-20-9-6-14-30-20/h2-3,6-9,14H,1,4-5,10-13,15-17H2. The molecule has 7 nitrogen and oxygen atoms in total. The molecule has 0 spiro atoms. The summed E-state index contributed by atoms with van der Waals surface area (Å²) >= 11 is 1.47. The number of rotatable bonds is 6. The minimum absolute atomic E-state index is 0.145. The van der Waals surface area contributed by atoms with Gasteiger partial charge in [0, 0.05) is 26.2 Å². The summed E-state index contributed by atoms with van der Waals surface area (Å²) in [5.41, 5.74) is 2.60. The van der Waals surface area contributed by atoms with E-state index in [-0.39, 0.29) is 5.91 Å². The van der Waals surface area contributed by atoms with E-state index >= 15 is 0 Å². The molecule has 1 aromatic carbocycles. The number of piperidine rings is 1. The largest absolute Gasteiger partial charge is 0.467 e. The minimum Gasteiger partial charge on any atom is -0.467 e. The molecule has 4 heterocycles. The van der Waals surface area contributed by atoms with Crippen molar-refractivity contribution in [1.82, 2.24) is 19.7 Å². The molecule has 8 heteroatoms. The van der Waals surface area contributed by atoms with Crippen molar-refractivity contribution in [2.75, 3.05) is 30.3 Å². The summed E-state index contributed by atoms with van der Waals surface area (Å²) in [6.07, 6.45) is 6.21. The number of hydrogen-bond donors (Lipinski definition) is 0. The molecule has 1 amide bonds. The van der Waals surface area contributed by atoms with Gasteiger partial charge in [0.25, 0.3) is 0 Å². The van der Waals surface area contributed by atoms with Gasteiger partial charge in [-0.15, -0.1) is 10.2 Å². The minimum atomic E-state index is 0.145. The maximum Gasteiger partial charge on any atom is 0.233 e. The second-order valence-electron chi connectivity index (χ2n) is 8.12. The molecule has 162 valence electrons. The summed E-state index contributed by atoms with van der Waals surface area (Å²) in [6.45, 7) is 4.02. The van der Waals surface area contributed by atoms with Gasteiger partial charge in [-0.25, -0.2) is 0 Å². The van der Waals surface area contributed by atoms with Crippen LogP contribution in [0.4, 0.5) is 5.95 Å². The van der Waals surface area contributed by atoms with E-state index in [4.69, 9.17) is 4.42 Å². The van der Waals surface area contributed by atoms with Crippen molar-refractivity contribution in [1.29, 1.82) is 0 Å². The molecule has 5 rings (SSSR count). The number of hydrogen-bond acceptors (Lipinski definition) is 6. The van der Waals surface area contributed by atoms with E-state index in [0.717, 1.165) is 42.9 Å². The van der Waals surface area contributed by atoms with Crippen molar-refractivity contribution in [3.63, 3.8) is 0 Å². The Bertz CT molecular complexity index is 1030. The van der Waals surface area contributed by atoms with Gasteiger partial charge in [0.15, 0.2) is 5.16 Å². The number of thioether (sulfide) groups is 1. The number of carbonyl (C=O) groups excluding carboxylic acids is 1. The summed E-state index contributed by atoms with van der Waals surface area (Å²) in [4.78, 5) is 17.2. The highest BCUT2D eigenvalue weighted by atomic mass is 32.2. The van der Waals surface area contributed by atoms with Crippen LogP contribution in [0.15, 0.2) is 52.2 Å². The first-order chi connectivity index (χ1) is 15.3. The van der Waals surface area contributed by atoms with Gasteiger partial charge in [-0.2, -0.15) is 0 Å². The van der Waals surface area contributed by atoms with Crippen molar-refractivity contribution < 1.29 is 9.21 Å². The second kappa shape index (κ2) is 9.18. The van der Waals surface area contributed by atoms with Crippen LogP contribution in [-0.4, -0.2) is 51.0 Å². The smallest absolute Gasteiger partial charge is 0.233 e. The molecule has 0 unspecified atom stereocenters. The Hall–Kier alpha value is -2.74. The Kier molecular flexibility index (Phi) is 5.97. The summed E-state index contributed by atoms with van der Waals surface area (Å²) in [6, 6.07) is 12.2. The van der Waals surface area contributed by atoms with Crippen LogP contribution in [0.1, 0.15) is 36.1 Å². The molecular weight excluding hydrogens is 410 g/mol. The lowest BCUT2D eigenvalue weighted by Gasteiger charge is -2.29. The fourth-order valence-electron chi connectivity index (χ4n) is 4.34. The van der Waals surface area contributed by atoms with Gasteiger partial charge in [-0.3, -0.25) is 9.36 Å². The van der Waals surface area contributed by atoms with E-state index in [9.17, 15) is 4.79 Å². The average molecular weight is 438 g/mol. The van der Waals surface area contributed by atoms with Gasteiger partial charge < -0.3 is 14.2 Å². The van der Waals surface area contributed by atoms with Crippen molar-refractivity contribution in [2.45, 2.75) is 43.9 Å². The quantitative estimate of drug-likeness (QED) is 0.549. The average Bonchev–Trinajstić information content (AvgIpc) is 3.48. The molecule has 2 aliphatic rings. The molecule has 31 heavy (non-hydrogen) atoms. The number of furan rings is 1. The number of benzene rings is 1. The number of aromatic nitrogens is 3. The van der Waals surface area contributed by atoms with Gasteiger partial charge >= 0.3 is 0 Å². The van der Waals surface area contributed by atoms with Gasteiger partial charge in [-0.05, 0) is 48.9 Å². The molecule has 1 saturated heterocycles. The Morgan fingerprint density at radius 3 is 2.65 bits per heavy atom. The van der Waals surface area contributed by atoms with Crippen LogP contribution >= 0.6 is 11.8 Å². The Labute approximate surface area is 186 Å². The normalized spacial score (nSPS) is 16.4. The third kappa shape index (κ3) is 4.49. The van der Waals surface area contributed by atoms with E-state index in [2.05, 4.69) is 37.9 Å². The first-order valence-corrected chi connectivity index (χ1v) is 11.9. The van der Waals surface area contributed by atoms with E-state index in [1.54, 1.807) is 6.26 Å². The maximum absolute atomic E-state index is 12.9. The molecule has 0 bridgehead atoms. The van der Waals surface area contributed by atoms with Crippen LogP contribution in [0.2, 0.25) is 0 Å². The maximum atomic E-state index is 12.9. The van der Waals surface area contributed by atoms with Crippen LogP contribution in [-0.2, 0) is 24.3 Å². The van der Waals surface area contributed by atoms with Gasteiger partial charge in [0.05, 0.1) is 18.6 Å². The van der Waals surface area contributed by atoms with E-state index in [0.29, 0.717) is 18.8 Å². The predicted molar refractivity (Wildman–Crippen MR) is 120 cm³/mol. The number of fused-ring (bicyclic) bond motifs is 1. The van der Waals surface area contributed by atoms with Crippen molar-refractivity contribution in [3.8, 4) is 0 Å². The Balaban J connectivity index is 1.29. The second-order valence-corrected chi connectivity index (χ2v) is 9.06. The lowest BCUT2D eigenvalue weighted by atomic mass is 10.00. The fraction of sp³-hybridized carbons (Fsp3) is 0.435.